The van der Waals surface area contributed by atoms with Gasteiger partial charge in [0.1, 0.15) is 0 Å². The predicted octanol–water partition coefficient (Wildman–Crippen LogP) is 1.15. The van der Waals surface area contributed by atoms with E-state index >= 15 is 0 Å². The van der Waals surface area contributed by atoms with Crippen molar-refractivity contribution in [2.75, 3.05) is 19.6 Å². The Labute approximate surface area is 155 Å². The molecule has 3 unspecified atom stereocenters. The minimum Gasteiger partial charge on any atom is -0.373 e. The Hall–Kier alpha value is -1.64. The highest BCUT2D eigenvalue weighted by atomic mass is 32.2. The van der Waals surface area contributed by atoms with Gasteiger partial charge < -0.3 is 15.4 Å². The Morgan fingerprint density at radius 2 is 2.04 bits per heavy atom. The Morgan fingerprint density at radius 3 is 2.65 bits per heavy atom. The van der Waals surface area contributed by atoms with E-state index in [0.29, 0.717) is 18.6 Å². The average Bonchev–Trinajstić information content (AvgIpc) is 3.22. The maximum Gasteiger partial charge on any atom is 0.240 e. The summed E-state index contributed by atoms with van der Waals surface area (Å²) in [6, 6.07) is 7.09. The number of guanidine groups is 1. The second-order valence-corrected chi connectivity index (χ2v) is 8.60. The molecule has 0 saturated carbocycles. The lowest BCUT2D eigenvalue weighted by Crippen LogP contribution is -2.47. The van der Waals surface area contributed by atoms with Gasteiger partial charge in [-0.05, 0) is 45.2 Å². The summed E-state index contributed by atoms with van der Waals surface area (Å²) < 4.78 is 33.0. The van der Waals surface area contributed by atoms with Crippen molar-refractivity contribution in [1.82, 2.24) is 15.4 Å². The van der Waals surface area contributed by atoms with E-state index in [0.717, 1.165) is 31.4 Å². The van der Waals surface area contributed by atoms with Crippen LogP contribution in [0.3, 0.4) is 0 Å². The molecule has 0 amide bonds. The van der Waals surface area contributed by atoms with E-state index in [2.05, 4.69) is 20.3 Å². The molecule has 7 nitrogen and oxygen atoms in total. The van der Waals surface area contributed by atoms with E-state index < -0.39 is 10.0 Å². The van der Waals surface area contributed by atoms with Crippen molar-refractivity contribution in [2.45, 2.75) is 56.3 Å². The van der Waals surface area contributed by atoms with Crippen LogP contribution in [0.4, 0.5) is 0 Å². The second kappa shape index (κ2) is 8.37. The minimum absolute atomic E-state index is 0.250. The molecule has 2 heterocycles. The highest BCUT2D eigenvalue weighted by Gasteiger charge is 2.41. The van der Waals surface area contributed by atoms with Crippen LogP contribution in [0.5, 0.6) is 0 Å². The van der Waals surface area contributed by atoms with Gasteiger partial charge in [-0.25, -0.2) is 13.1 Å². The molecule has 3 N–H and O–H groups in total. The first-order valence-electron chi connectivity index (χ1n) is 9.24. The SMILES string of the molecule is CCNC(=NCCNS(=O)(=O)c1ccc(C)cc1)NC1CC2CCC1O2. The lowest BCUT2D eigenvalue weighted by atomic mass is 9.96. The fourth-order valence-electron chi connectivity index (χ4n) is 3.43. The maximum atomic E-state index is 12.3. The molecule has 1 aromatic rings. The van der Waals surface area contributed by atoms with Gasteiger partial charge in [-0.3, -0.25) is 4.99 Å². The summed E-state index contributed by atoms with van der Waals surface area (Å²) in [5.41, 5.74) is 1.03. The third-order valence-corrected chi connectivity index (χ3v) is 6.25. The number of rotatable bonds is 7. The van der Waals surface area contributed by atoms with Crippen LogP contribution in [-0.4, -0.2) is 52.3 Å². The number of nitrogens with zero attached hydrogens (tertiary/aromatic N) is 1. The second-order valence-electron chi connectivity index (χ2n) is 6.83. The summed E-state index contributed by atoms with van der Waals surface area (Å²) in [6.45, 7) is 5.30. The standard InChI is InChI=1S/C18H28N4O3S/c1-3-19-18(22-16-12-14-6-9-17(16)25-14)20-10-11-21-26(23,24)15-7-4-13(2)5-8-15/h4-5,7-8,14,16-17,21H,3,6,9-12H2,1-2H3,(H2,19,20,22). The number of hydrogen-bond donors (Lipinski definition) is 3. The molecule has 3 rings (SSSR count). The van der Waals surface area contributed by atoms with Crippen molar-refractivity contribution in [2.24, 2.45) is 4.99 Å². The number of fused-ring (bicyclic) bond motifs is 2. The van der Waals surface area contributed by atoms with Crippen molar-refractivity contribution in [1.29, 1.82) is 0 Å². The van der Waals surface area contributed by atoms with Gasteiger partial charge >= 0.3 is 0 Å². The fourth-order valence-corrected chi connectivity index (χ4v) is 4.45. The van der Waals surface area contributed by atoms with Crippen LogP contribution in [0.2, 0.25) is 0 Å². The lowest BCUT2D eigenvalue weighted by Gasteiger charge is -2.22. The Kier molecular flexibility index (Phi) is 6.16. The third kappa shape index (κ3) is 4.75. The summed E-state index contributed by atoms with van der Waals surface area (Å²) in [4.78, 5) is 4.76. The normalized spacial score (nSPS) is 25.5. The maximum absolute atomic E-state index is 12.3. The van der Waals surface area contributed by atoms with Gasteiger partial charge in [0.2, 0.25) is 10.0 Å². The Bertz CT molecular complexity index is 733. The van der Waals surface area contributed by atoms with E-state index in [1.54, 1.807) is 24.3 Å². The summed E-state index contributed by atoms with van der Waals surface area (Å²) in [6.07, 6.45) is 3.90. The van der Waals surface area contributed by atoms with Gasteiger partial charge in [0.15, 0.2) is 5.96 Å². The highest BCUT2D eigenvalue weighted by Crippen LogP contribution is 2.34. The van der Waals surface area contributed by atoms with Crippen molar-refractivity contribution in [3.63, 3.8) is 0 Å². The first kappa shape index (κ1) is 19.1. The molecule has 26 heavy (non-hydrogen) atoms. The monoisotopic (exact) mass is 380 g/mol. The molecular formula is C18H28N4O3S. The van der Waals surface area contributed by atoms with E-state index in [4.69, 9.17) is 4.74 Å². The Balaban J connectivity index is 1.51. The third-order valence-electron chi connectivity index (χ3n) is 4.78. The van der Waals surface area contributed by atoms with Crippen LogP contribution in [0.1, 0.15) is 31.7 Å². The minimum atomic E-state index is -3.50. The van der Waals surface area contributed by atoms with Crippen LogP contribution >= 0.6 is 0 Å². The number of nitrogens with one attached hydrogen (secondary N) is 3. The van der Waals surface area contributed by atoms with Crippen molar-refractivity contribution in [3.05, 3.63) is 29.8 Å². The topological polar surface area (TPSA) is 91.8 Å². The van der Waals surface area contributed by atoms with Gasteiger partial charge in [-0.2, -0.15) is 0 Å². The van der Waals surface area contributed by atoms with Crippen LogP contribution in [-0.2, 0) is 14.8 Å². The molecule has 2 aliphatic heterocycles. The molecule has 8 heteroatoms. The number of hydrogen-bond acceptors (Lipinski definition) is 4. The first-order chi connectivity index (χ1) is 12.5. The molecule has 0 aromatic heterocycles. The molecule has 2 saturated heterocycles. The fraction of sp³-hybridized carbons (Fsp3) is 0.611. The molecule has 0 aliphatic carbocycles. The van der Waals surface area contributed by atoms with E-state index in [1.807, 2.05) is 13.8 Å². The molecule has 0 radical (unpaired) electrons. The van der Waals surface area contributed by atoms with E-state index in [-0.39, 0.29) is 23.6 Å². The zero-order valence-corrected chi connectivity index (χ0v) is 16.2. The summed E-state index contributed by atoms with van der Waals surface area (Å²) in [5.74, 6) is 0.711. The smallest absolute Gasteiger partial charge is 0.240 e. The number of ether oxygens (including phenoxy) is 1. The number of aliphatic imine (C=N–C) groups is 1. The molecule has 0 spiro atoms. The summed E-state index contributed by atoms with van der Waals surface area (Å²) in [7, 11) is -3.50. The van der Waals surface area contributed by atoms with Gasteiger partial charge in [0, 0.05) is 13.1 Å². The molecule has 2 fully saturated rings. The number of sulfonamides is 1. The molecule has 2 aliphatic rings. The first-order valence-corrected chi connectivity index (χ1v) is 10.7. The molecule has 3 atom stereocenters. The zero-order valence-electron chi connectivity index (χ0n) is 15.4. The van der Waals surface area contributed by atoms with Crippen LogP contribution < -0.4 is 15.4 Å². The molecule has 144 valence electrons. The highest BCUT2D eigenvalue weighted by molar-refractivity contribution is 7.89. The Morgan fingerprint density at radius 1 is 1.27 bits per heavy atom. The van der Waals surface area contributed by atoms with Gasteiger partial charge in [-0.1, -0.05) is 17.7 Å². The largest absolute Gasteiger partial charge is 0.373 e. The van der Waals surface area contributed by atoms with Crippen LogP contribution in [0, 0.1) is 6.92 Å². The molecular weight excluding hydrogens is 352 g/mol. The van der Waals surface area contributed by atoms with Crippen molar-refractivity contribution in [3.8, 4) is 0 Å². The lowest BCUT2D eigenvalue weighted by molar-refractivity contribution is 0.0992. The van der Waals surface area contributed by atoms with Gasteiger partial charge in [-0.15, -0.1) is 0 Å². The molecule has 1 aromatic carbocycles. The van der Waals surface area contributed by atoms with Crippen molar-refractivity contribution >= 4 is 16.0 Å². The van der Waals surface area contributed by atoms with Gasteiger partial charge in [0.05, 0.1) is 29.7 Å². The number of aryl methyl sites for hydroxylation is 1. The van der Waals surface area contributed by atoms with Gasteiger partial charge in [0.25, 0.3) is 0 Å². The zero-order chi connectivity index (χ0) is 18.6. The summed E-state index contributed by atoms with van der Waals surface area (Å²) >= 11 is 0. The predicted molar refractivity (Wildman–Crippen MR) is 102 cm³/mol. The van der Waals surface area contributed by atoms with Crippen molar-refractivity contribution < 1.29 is 13.2 Å². The summed E-state index contributed by atoms with van der Waals surface area (Å²) in [5, 5.41) is 6.63. The van der Waals surface area contributed by atoms with Crippen LogP contribution in [0.25, 0.3) is 0 Å². The van der Waals surface area contributed by atoms with E-state index in [1.165, 1.54) is 0 Å². The average molecular weight is 381 g/mol. The molecule has 2 bridgehead atoms. The number of benzene rings is 1. The van der Waals surface area contributed by atoms with E-state index in [9.17, 15) is 8.42 Å². The quantitative estimate of drug-likeness (QED) is 0.375. The van der Waals surface area contributed by atoms with Crippen LogP contribution in [0.15, 0.2) is 34.2 Å².